The van der Waals surface area contributed by atoms with Crippen LogP contribution in [0.2, 0.25) is 0 Å². The summed E-state index contributed by atoms with van der Waals surface area (Å²) in [6, 6.07) is 15.6. The number of nitrogens with zero attached hydrogens (tertiary/aromatic N) is 1. The van der Waals surface area contributed by atoms with Gasteiger partial charge in [0.1, 0.15) is 17.6 Å². The van der Waals surface area contributed by atoms with Gasteiger partial charge in [-0.3, -0.25) is 14.5 Å². The van der Waals surface area contributed by atoms with Gasteiger partial charge in [-0.2, -0.15) is 0 Å². The topological polar surface area (TPSA) is 66.8 Å². The first-order valence-corrected chi connectivity index (χ1v) is 10.4. The molecule has 1 N–H and O–H groups in total. The first-order valence-electron chi connectivity index (χ1n) is 9.49. The van der Waals surface area contributed by atoms with E-state index in [9.17, 15) is 14.7 Å². The van der Waals surface area contributed by atoms with Gasteiger partial charge in [-0.05, 0) is 54.6 Å². The summed E-state index contributed by atoms with van der Waals surface area (Å²) in [5.74, 6) is -1.17. The van der Waals surface area contributed by atoms with Crippen molar-refractivity contribution in [1.82, 2.24) is 0 Å². The minimum absolute atomic E-state index is 0.0628. The highest BCUT2D eigenvalue weighted by Crippen LogP contribution is 2.45. The van der Waals surface area contributed by atoms with Crippen molar-refractivity contribution < 1.29 is 19.4 Å². The van der Waals surface area contributed by atoms with E-state index in [1.807, 2.05) is 49.6 Å². The largest absolute Gasteiger partial charge is 0.507 e. The van der Waals surface area contributed by atoms with Crippen LogP contribution < -0.4 is 9.64 Å². The molecule has 1 atom stereocenters. The first kappa shape index (κ1) is 19.9. The van der Waals surface area contributed by atoms with Crippen molar-refractivity contribution in [1.29, 1.82) is 0 Å². The van der Waals surface area contributed by atoms with Crippen LogP contribution >= 0.6 is 11.3 Å². The number of ether oxygens (including phenoxy) is 1. The van der Waals surface area contributed by atoms with Crippen molar-refractivity contribution in [3.8, 4) is 5.75 Å². The Morgan fingerprint density at radius 3 is 2.50 bits per heavy atom. The van der Waals surface area contributed by atoms with E-state index in [4.69, 9.17) is 4.74 Å². The van der Waals surface area contributed by atoms with E-state index >= 15 is 0 Å². The van der Waals surface area contributed by atoms with Gasteiger partial charge in [0, 0.05) is 10.6 Å². The maximum atomic E-state index is 13.2. The normalized spacial score (nSPS) is 18.1. The summed E-state index contributed by atoms with van der Waals surface area (Å²) in [6.07, 6.45) is 0. The minimum atomic E-state index is -0.713. The minimum Gasteiger partial charge on any atom is -0.507 e. The Morgan fingerprint density at radius 2 is 1.80 bits per heavy atom. The number of para-hydroxylation sites is 1. The smallest absolute Gasteiger partial charge is 0.300 e. The number of carbonyl (C=O) groups is 2. The van der Waals surface area contributed by atoms with E-state index in [2.05, 4.69) is 0 Å². The molecule has 2 heterocycles. The van der Waals surface area contributed by atoms with E-state index in [0.29, 0.717) is 17.0 Å². The summed E-state index contributed by atoms with van der Waals surface area (Å²) in [7, 11) is 1.50. The lowest BCUT2D eigenvalue weighted by molar-refractivity contribution is -0.132. The molecule has 3 aromatic rings. The Balaban J connectivity index is 1.98. The number of amides is 1. The molecule has 1 unspecified atom stereocenters. The number of rotatable bonds is 4. The molecule has 1 aromatic heterocycles. The van der Waals surface area contributed by atoms with Crippen molar-refractivity contribution >= 4 is 34.5 Å². The summed E-state index contributed by atoms with van der Waals surface area (Å²) < 4.78 is 5.36. The lowest BCUT2D eigenvalue weighted by Gasteiger charge is -2.26. The number of aliphatic hydroxyl groups is 1. The Morgan fingerprint density at radius 1 is 1.03 bits per heavy atom. The molecule has 2 aromatic carbocycles. The van der Waals surface area contributed by atoms with Crippen molar-refractivity contribution in [2.24, 2.45) is 0 Å². The Hall–Kier alpha value is -3.38. The molecule has 1 aliphatic rings. The summed E-state index contributed by atoms with van der Waals surface area (Å²) in [4.78, 5) is 28.6. The van der Waals surface area contributed by atoms with Crippen LogP contribution in [0.15, 0.2) is 65.6 Å². The number of thiophene rings is 1. The SMILES string of the molecule is COc1ccccc1/C(O)=C1/C(=O)C(=O)N(c2cccc(C)c2C)C1c1cccs1. The molecule has 152 valence electrons. The fraction of sp³-hybridized carbons (Fsp3) is 0.167. The van der Waals surface area contributed by atoms with Crippen LogP contribution in [-0.4, -0.2) is 23.9 Å². The number of ketones is 1. The van der Waals surface area contributed by atoms with Gasteiger partial charge >= 0.3 is 0 Å². The predicted molar refractivity (Wildman–Crippen MR) is 118 cm³/mol. The Bertz CT molecular complexity index is 1160. The molecule has 30 heavy (non-hydrogen) atoms. The number of Topliss-reactive ketones (excluding diaryl/α,β-unsaturated/α-hetero) is 1. The van der Waals surface area contributed by atoms with Crippen LogP contribution in [0.4, 0.5) is 5.69 Å². The molecule has 0 radical (unpaired) electrons. The van der Waals surface area contributed by atoms with Gasteiger partial charge in [0.15, 0.2) is 0 Å². The maximum absolute atomic E-state index is 13.2. The molecule has 1 fully saturated rings. The monoisotopic (exact) mass is 419 g/mol. The van der Waals surface area contributed by atoms with E-state index < -0.39 is 17.7 Å². The third-order valence-corrected chi connectivity index (χ3v) is 6.38. The molecular formula is C24H21NO4S. The Labute approximate surface area is 178 Å². The Kier molecular flexibility index (Phi) is 5.18. The highest BCUT2D eigenvalue weighted by Gasteiger charge is 2.48. The number of anilines is 1. The summed E-state index contributed by atoms with van der Waals surface area (Å²) in [6.45, 7) is 3.89. The number of benzene rings is 2. The molecule has 0 saturated carbocycles. The quantitative estimate of drug-likeness (QED) is 0.367. The van der Waals surface area contributed by atoms with E-state index in [1.54, 1.807) is 24.3 Å². The first-order chi connectivity index (χ1) is 14.5. The van der Waals surface area contributed by atoms with Crippen LogP contribution in [0, 0.1) is 13.8 Å². The summed E-state index contributed by atoms with van der Waals surface area (Å²) in [5, 5.41) is 13.1. The number of hydrogen-bond donors (Lipinski definition) is 1. The van der Waals surface area contributed by atoms with Gasteiger partial charge in [0.2, 0.25) is 0 Å². The molecule has 0 bridgehead atoms. The number of aryl methyl sites for hydroxylation is 1. The van der Waals surface area contributed by atoms with E-state index in [1.165, 1.54) is 23.3 Å². The third kappa shape index (κ3) is 3.09. The molecule has 1 amide bonds. The van der Waals surface area contributed by atoms with Gasteiger partial charge in [-0.1, -0.05) is 30.3 Å². The van der Waals surface area contributed by atoms with Crippen LogP contribution in [0.25, 0.3) is 5.76 Å². The summed E-state index contributed by atoms with van der Waals surface area (Å²) >= 11 is 1.44. The average Bonchev–Trinajstić information content (AvgIpc) is 3.37. The van der Waals surface area contributed by atoms with Crippen molar-refractivity contribution in [3.63, 3.8) is 0 Å². The van der Waals surface area contributed by atoms with Crippen LogP contribution in [0.5, 0.6) is 5.75 Å². The van der Waals surface area contributed by atoms with Gasteiger partial charge in [-0.25, -0.2) is 0 Å². The van der Waals surface area contributed by atoms with Gasteiger partial charge < -0.3 is 9.84 Å². The molecule has 6 heteroatoms. The van der Waals surface area contributed by atoms with Crippen molar-refractivity contribution in [2.75, 3.05) is 12.0 Å². The van der Waals surface area contributed by atoms with Crippen molar-refractivity contribution in [2.45, 2.75) is 19.9 Å². The second kappa shape index (κ2) is 7.80. The highest BCUT2D eigenvalue weighted by molar-refractivity contribution is 7.10. The lowest BCUT2D eigenvalue weighted by atomic mass is 9.98. The standard InChI is InChI=1S/C24H21NO4S/c1-14-8-6-10-17(15(14)2)25-21(19-12-7-13-30-19)20(23(27)24(25)28)22(26)16-9-4-5-11-18(16)29-3/h4-13,21,26H,1-3H3/b22-20-. The molecule has 1 saturated heterocycles. The van der Waals surface area contributed by atoms with E-state index in [-0.39, 0.29) is 11.3 Å². The zero-order chi connectivity index (χ0) is 21.4. The molecule has 1 aliphatic heterocycles. The maximum Gasteiger partial charge on any atom is 0.300 e. The zero-order valence-corrected chi connectivity index (χ0v) is 17.7. The van der Waals surface area contributed by atoms with Crippen LogP contribution in [0.1, 0.15) is 27.6 Å². The third-order valence-electron chi connectivity index (χ3n) is 5.45. The second-order valence-corrected chi connectivity index (χ2v) is 8.08. The molecular weight excluding hydrogens is 398 g/mol. The van der Waals surface area contributed by atoms with E-state index in [0.717, 1.165) is 16.0 Å². The predicted octanol–water partition coefficient (Wildman–Crippen LogP) is 5.00. The fourth-order valence-corrected chi connectivity index (χ4v) is 4.60. The number of hydrogen-bond acceptors (Lipinski definition) is 5. The van der Waals surface area contributed by atoms with Crippen molar-refractivity contribution in [3.05, 3.63) is 87.1 Å². The second-order valence-electron chi connectivity index (χ2n) is 7.10. The number of aliphatic hydroxyl groups excluding tert-OH is 1. The molecule has 0 spiro atoms. The number of methoxy groups -OCH3 is 1. The molecule has 4 rings (SSSR count). The average molecular weight is 420 g/mol. The van der Waals surface area contributed by atoms with Gasteiger partial charge in [-0.15, -0.1) is 11.3 Å². The lowest BCUT2D eigenvalue weighted by Crippen LogP contribution is -2.29. The fourth-order valence-electron chi connectivity index (χ4n) is 3.78. The molecule has 5 nitrogen and oxygen atoms in total. The zero-order valence-electron chi connectivity index (χ0n) is 16.9. The van der Waals surface area contributed by atoms with Gasteiger partial charge in [0.25, 0.3) is 11.7 Å². The van der Waals surface area contributed by atoms with Crippen LogP contribution in [-0.2, 0) is 9.59 Å². The van der Waals surface area contributed by atoms with Crippen LogP contribution in [0.3, 0.4) is 0 Å². The van der Waals surface area contributed by atoms with Gasteiger partial charge in [0.05, 0.1) is 18.2 Å². The summed E-state index contributed by atoms with van der Waals surface area (Å²) in [5.41, 5.74) is 3.03. The molecule has 0 aliphatic carbocycles. The highest BCUT2D eigenvalue weighted by atomic mass is 32.1. The number of carbonyl (C=O) groups excluding carboxylic acids is 2.